The largest absolute Gasteiger partial charge is 0.490 e. The highest BCUT2D eigenvalue weighted by molar-refractivity contribution is 5.53. The number of ether oxygens (including phenoxy) is 1. The zero-order valence-electron chi connectivity index (χ0n) is 10.3. The second-order valence-electron chi connectivity index (χ2n) is 4.12. The van der Waals surface area contributed by atoms with Crippen molar-refractivity contribution >= 4 is 5.69 Å². The molecule has 2 aromatic rings. The molecule has 0 aliphatic carbocycles. The minimum Gasteiger partial charge on any atom is -0.490 e. The van der Waals surface area contributed by atoms with Gasteiger partial charge in [0.2, 0.25) is 0 Å². The first kappa shape index (κ1) is 12.2. The van der Waals surface area contributed by atoms with Crippen LogP contribution in [0.4, 0.5) is 5.69 Å². The van der Waals surface area contributed by atoms with Gasteiger partial charge in [0, 0.05) is 12.3 Å². The van der Waals surface area contributed by atoms with Crippen LogP contribution in [-0.2, 0) is 6.54 Å². The van der Waals surface area contributed by atoms with Crippen LogP contribution >= 0.6 is 0 Å². The zero-order valence-corrected chi connectivity index (χ0v) is 10.3. The van der Waals surface area contributed by atoms with Gasteiger partial charge in [-0.1, -0.05) is 12.1 Å². The molecule has 18 heavy (non-hydrogen) atoms. The summed E-state index contributed by atoms with van der Waals surface area (Å²) < 4.78 is 7.17. The second kappa shape index (κ2) is 5.40. The molecule has 1 aromatic heterocycles. The van der Waals surface area contributed by atoms with Gasteiger partial charge in [0.25, 0.3) is 5.56 Å². The van der Waals surface area contributed by atoms with Crippen LogP contribution in [0.5, 0.6) is 5.75 Å². The summed E-state index contributed by atoms with van der Waals surface area (Å²) in [5, 5.41) is 0. The van der Waals surface area contributed by atoms with Crippen molar-refractivity contribution < 1.29 is 4.74 Å². The van der Waals surface area contributed by atoms with Crippen molar-refractivity contribution in [3.63, 3.8) is 0 Å². The fraction of sp³-hybridized carbons (Fsp3) is 0.214. The van der Waals surface area contributed by atoms with Crippen molar-refractivity contribution in [3.8, 4) is 5.75 Å². The summed E-state index contributed by atoms with van der Waals surface area (Å²) >= 11 is 0. The van der Waals surface area contributed by atoms with Gasteiger partial charge in [-0.25, -0.2) is 0 Å². The molecule has 0 unspecified atom stereocenters. The molecule has 0 saturated carbocycles. The lowest BCUT2D eigenvalue weighted by atomic mass is 10.2. The van der Waals surface area contributed by atoms with E-state index in [0.29, 0.717) is 24.6 Å². The first-order valence-electron chi connectivity index (χ1n) is 5.81. The van der Waals surface area contributed by atoms with Gasteiger partial charge in [-0.3, -0.25) is 4.79 Å². The van der Waals surface area contributed by atoms with E-state index in [0.717, 1.165) is 5.56 Å². The van der Waals surface area contributed by atoms with Gasteiger partial charge in [0.05, 0.1) is 12.2 Å². The number of nitrogens with two attached hydrogens (primary N) is 1. The molecule has 0 aliphatic rings. The monoisotopic (exact) mass is 244 g/mol. The maximum Gasteiger partial charge on any atom is 0.250 e. The second-order valence-corrected chi connectivity index (χ2v) is 4.12. The van der Waals surface area contributed by atoms with Gasteiger partial charge in [-0.05, 0) is 30.7 Å². The lowest BCUT2D eigenvalue weighted by Crippen LogP contribution is -2.21. The Hall–Kier alpha value is -2.23. The number of nitrogens with zero attached hydrogens (tertiary/aromatic N) is 1. The Labute approximate surface area is 106 Å². The molecule has 4 nitrogen and oxygen atoms in total. The third-order valence-corrected chi connectivity index (χ3v) is 2.65. The number of hydrogen-bond acceptors (Lipinski definition) is 3. The number of aromatic nitrogens is 1. The minimum absolute atomic E-state index is 0.0296. The van der Waals surface area contributed by atoms with Crippen LogP contribution in [0.3, 0.4) is 0 Å². The Morgan fingerprint density at radius 2 is 2.11 bits per heavy atom. The molecular weight excluding hydrogens is 228 g/mol. The first-order chi connectivity index (χ1) is 8.66. The molecule has 1 heterocycles. The van der Waals surface area contributed by atoms with Gasteiger partial charge in [0.1, 0.15) is 12.4 Å². The van der Waals surface area contributed by atoms with Crippen LogP contribution in [0.2, 0.25) is 0 Å². The third kappa shape index (κ3) is 2.91. The van der Waals surface area contributed by atoms with E-state index in [1.54, 1.807) is 16.8 Å². The molecule has 1 aromatic carbocycles. The predicted octanol–water partition coefficient (Wildman–Crippen LogP) is 1.82. The van der Waals surface area contributed by atoms with Crippen molar-refractivity contribution in [3.05, 3.63) is 58.5 Å². The number of anilines is 1. The van der Waals surface area contributed by atoms with Gasteiger partial charge < -0.3 is 15.0 Å². The molecule has 0 atom stereocenters. The standard InChI is InChI=1S/C14H16N2O2/c1-11-5-6-13(12(15)10-11)18-9-8-16-7-3-2-4-14(16)17/h2-7,10H,8-9,15H2,1H3. The lowest BCUT2D eigenvalue weighted by molar-refractivity contribution is 0.298. The molecule has 0 bridgehead atoms. The van der Waals surface area contributed by atoms with E-state index in [1.807, 2.05) is 31.2 Å². The summed E-state index contributed by atoms with van der Waals surface area (Å²) in [6.07, 6.45) is 1.74. The Morgan fingerprint density at radius 3 is 2.83 bits per heavy atom. The van der Waals surface area contributed by atoms with Crippen LogP contribution in [-0.4, -0.2) is 11.2 Å². The lowest BCUT2D eigenvalue weighted by Gasteiger charge is -2.10. The quantitative estimate of drug-likeness (QED) is 0.835. The van der Waals surface area contributed by atoms with Gasteiger partial charge in [0.15, 0.2) is 0 Å². The van der Waals surface area contributed by atoms with Gasteiger partial charge in [-0.2, -0.15) is 0 Å². The third-order valence-electron chi connectivity index (χ3n) is 2.65. The molecule has 4 heteroatoms. The molecule has 94 valence electrons. The van der Waals surface area contributed by atoms with Crippen molar-refractivity contribution in [1.29, 1.82) is 0 Å². The maximum absolute atomic E-state index is 11.5. The molecular formula is C14H16N2O2. The maximum atomic E-state index is 11.5. The van der Waals surface area contributed by atoms with Crippen LogP contribution in [0.25, 0.3) is 0 Å². The number of benzene rings is 1. The smallest absolute Gasteiger partial charge is 0.250 e. The summed E-state index contributed by atoms with van der Waals surface area (Å²) in [5.41, 5.74) is 7.52. The molecule has 0 saturated heterocycles. The highest BCUT2D eigenvalue weighted by Crippen LogP contribution is 2.21. The molecule has 0 aliphatic heterocycles. The van der Waals surface area contributed by atoms with Gasteiger partial charge in [-0.15, -0.1) is 0 Å². The number of aryl methyl sites for hydroxylation is 1. The molecule has 0 spiro atoms. The van der Waals surface area contributed by atoms with E-state index < -0.39 is 0 Å². The summed E-state index contributed by atoms with van der Waals surface area (Å²) in [6, 6.07) is 10.7. The fourth-order valence-corrected chi connectivity index (χ4v) is 1.70. The topological polar surface area (TPSA) is 57.2 Å². The number of rotatable bonds is 4. The van der Waals surface area contributed by atoms with Crippen molar-refractivity contribution in [2.75, 3.05) is 12.3 Å². The molecule has 0 amide bonds. The minimum atomic E-state index is -0.0296. The zero-order chi connectivity index (χ0) is 13.0. The summed E-state index contributed by atoms with van der Waals surface area (Å²) in [7, 11) is 0. The number of hydrogen-bond donors (Lipinski definition) is 1. The highest BCUT2D eigenvalue weighted by Gasteiger charge is 2.00. The average Bonchev–Trinajstić information content (AvgIpc) is 2.34. The molecule has 0 fully saturated rings. The van der Waals surface area contributed by atoms with E-state index in [2.05, 4.69) is 0 Å². The van der Waals surface area contributed by atoms with Crippen molar-refractivity contribution in [1.82, 2.24) is 4.57 Å². The SMILES string of the molecule is Cc1ccc(OCCn2ccccc2=O)c(N)c1. The first-order valence-corrected chi connectivity index (χ1v) is 5.81. The van der Waals surface area contributed by atoms with Crippen LogP contribution in [0, 0.1) is 6.92 Å². The fourth-order valence-electron chi connectivity index (χ4n) is 1.70. The highest BCUT2D eigenvalue weighted by atomic mass is 16.5. The van der Waals surface area contributed by atoms with E-state index in [4.69, 9.17) is 10.5 Å². The van der Waals surface area contributed by atoms with Crippen LogP contribution in [0.15, 0.2) is 47.4 Å². The van der Waals surface area contributed by atoms with Gasteiger partial charge >= 0.3 is 0 Å². The molecule has 2 rings (SSSR count). The predicted molar refractivity (Wildman–Crippen MR) is 71.8 cm³/mol. The average molecular weight is 244 g/mol. The van der Waals surface area contributed by atoms with Crippen molar-refractivity contribution in [2.24, 2.45) is 0 Å². The summed E-state index contributed by atoms with van der Waals surface area (Å²) in [6.45, 7) is 2.90. The Morgan fingerprint density at radius 1 is 1.28 bits per heavy atom. The van der Waals surface area contributed by atoms with E-state index in [1.165, 1.54) is 6.07 Å². The number of nitrogen functional groups attached to an aromatic ring is 1. The normalized spacial score (nSPS) is 10.3. The summed E-state index contributed by atoms with van der Waals surface area (Å²) in [5.74, 6) is 0.657. The van der Waals surface area contributed by atoms with Crippen molar-refractivity contribution in [2.45, 2.75) is 13.5 Å². The van der Waals surface area contributed by atoms with E-state index in [-0.39, 0.29) is 5.56 Å². The van der Waals surface area contributed by atoms with E-state index in [9.17, 15) is 4.79 Å². The summed E-state index contributed by atoms with van der Waals surface area (Å²) in [4.78, 5) is 11.5. The Kier molecular flexibility index (Phi) is 3.67. The molecule has 2 N–H and O–H groups in total. The Bertz CT molecular complexity index is 590. The van der Waals surface area contributed by atoms with E-state index >= 15 is 0 Å². The molecule has 0 radical (unpaired) electrons. The number of pyridine rings is 1. The Balaban J connectivity index is 1.97. The van der Waals surface area contributed by atoms with Crippen LogP contribution < -0.4 is 16.0 Å². The van der Waals surface area contributed by atoms with Crippen LogP contribution in [0.1, 0.15) is 5.56 Å².